The third-order valence-corrected chi connectivity index (χ3v) is 3.22. The van der Waals surface area contributed by atoms with Crippen molar-refractivity contribution >= 4 is 11.6 Å². The number of hydrogen-bond acceptors (Lipinski definition) is 4. The Balaban J connectivity index is 2.34. The van der Waals surface area contributed by atoms with Gasteiger partial charge in [-0.1, -0.05) is 23.7 Å². The highest BCUT2D eigenvalue weighted by Gasteiger charge is 2.34. The Hall–Kier alpha value is -1.43. The van der Waals surface area contributed by atoms with E-state index in [1.54, 1.807) is 42.2 Å². The van der Waals surface area contributed by atoms with Crippen LogP contribution < -0.4 is 5.73 Å². The molecule has 0 saturated heterocycles. The predicted octanol–water partition coefficient (Wildman–Crippen LogP) is 1.17. The maximum atomic E-state index is 10.8. The van der Waals surface area contributed by atoms with Crippen molar-refractivity contribution < 1.29 is 5.11 Å². The molecule has 0 spiro atoms. The molecule has 0 aliphatic heterocycles. The third-order valence-electron chi connectivity index (χ3n) is 2.97. The van der Waals surface area contributed by atoms with Gasteiger partial charge in [-0.25, -0.2) is 9.67 Å². The summed E-state index contributed by atoms with van der Waals surface area (Å²) >= 11 is 5.84. The van der Waals surface area contributed by atoms with E-state index in [0.717, 1.165) is 0 Å². The van der Waals surface area contributed by atoms with E-state index in [-0.39, 0.29) is 6.54 Å². The van der Waals surface area contributed by atoms with E-state index in [9.17, 15) is 5.11 Å². The number of aliphatic hydroxyl groups is 1. The van der Waals surface area contributed by atoms with Crippen molar-refractivity contribution in [3.63, 3.8) is 0 Å². The van der Waals surface area contributed by atoms with E-state index < -0.39 is 11.6 Å². The van der Waals surface area contributed by atoms with E-state index in [4.69, 9.17) is 17.3 Å². The lowest BCUT2D eigenvalue weighted by Gasteiger charge is -2.32. The van der Waals surface area contributed by atoms with Gasteiger partial charge in [0.05, 0.1) is 6.54 Å². The standard InChI is InChI=1S/C12H15ClN4O/c1-9(14)12(18,6-17-8-15-7-16-17)10-2-4-11(13)5-3-10/h2-5,7-9,18H,6,14H2,1H3. The number of nitrogens with two attached hydrogens (primary N) is 1. The van der Waals surface area contributed by atoms with Crippen LogP contribution in [-0.2, 0) is 12.1 Å². The average molecular weight is 267 g/mol. The van der Waals surface area contributed by atoms with Crippen LogP contribution in [0.4, 0.5) is 0 Å². The van der Waals surface area contributed by atoms with E-state index in [0.29, 0.717) is 10.6 Å². The zero-order valence-electron chi connectivity index (χ0n) is 9.99. The largest absolute Gasteiger partial charge is 0.382 e. The molecule has 1 aromatic carbocycles. The van der Waals surface area contributed by atoms with Crippen molar-refractivity contribution in [3.8, 4) is 0 Å². The Bertz CT molecular complexity index is 497. The van der Waals surface area contributed by atoms with Gasteiger partial charge in [-0.15, -0.1) is 0 Å². The molecule has 0 aliphatic carbocycles. The minimum absolute atomic E-state index is 0.242. The lowest BCUT2D eigenvalue weighted by molar-refractivity contribution is -0.00537. The summed E-state index contributed by atoms with van der Waals surface area (Å²) in [4.78, 5) is 3.85. The lowest BCUT2D eigenvalue weighted by Crippen LogP contribution is -2.46. The fourth-order valence-electron chi connectivity index (χ4n) is 1.80. The maximum Gasteiger partial charge on any atom is 0.137 e. The second-order valence-corrected chi connectivity index (χ2v) is 4.75. The van der Waals surface area contributed by atoms with Crippen molar-refractivity contribution in [2.24, 2.45) is 5.73 Å². The summed E-state index contributed by atoms with van der Waals surface area (Å²) in [5.41, 5.74) is 5.41. The van der Waals surface area contributed by atoms with Gasteiger partial charge in [0.25, 0.3) is 0 Å². The summed E-state index contributed by atoms with van der Waals surface area (Å²) in [5.74, 6) is 0. The molecular weight excluding hydrogens is 252 g/mol. The van der Waals surface area contributed by atoms with Crippen LogP contribution in [0, 0.1) is 0 Å². The third kappa shape index (κ3) is 2.53. The molecule has 18 heavy (non-hydrogen) atoms. The van der Waals surface area contributed by atoms with Crippen molar-refractivity contribution in [1.29, 1.82) is 0 Å². The first-order chi connectivity index (χ1) is 8.52. The van der Waals surface area contributed by atoms with Gasteiger partial charge >= 0.3 is 0 Å². The predicted molar refractivity (Wildman–Crippen MR) is 69.0 cm³/mol. The number of nitrogens with zero attached hydrogens (tertiary/aromatic N) is 3. The van der Waals surface area contributed by atoms with E-state index in [1.807, 2.05) is 0 Å². The van der Waals surface area contributed by atoms with Crippen LogP contribution in [0.2, 0.25) is 5.02 Å². The van der Waals surface area contributed by atoms with Crippen LogP contribution in [0.25, 0.3) is 0 Å². The first-order valence-electron chi connectivity index (χ1n) is 5.59. The van der Waals surface area contributed by atoms with Gasteiger partial charge in [0.15, 0.2) is 0 Å². The molecular formula is C12H15ClN4O. The topological polar surface area (TPSA) is 77.0 Å². The first-order valence-corrected chi connectivity index (χ1v) is 5.96. The van der Waals surface area contributed by atoms with Gasteiger partial charge in [-0.2, -0.15) is 5.10 Å². The van der Waals surface area contributed by atoms with Gasteiger partial charge in [0, 0.05) is 11.1 Å². The highest BCUT2D eigenvalue weighted by molar-refractivity contribution is 6.30. The summed E-state index contributed by atoms with van der Waals surface area (Å²) in [6.07, 6.45) is 2.97. The van der Waals surface area contributed by atoms with Crippen molar-refractivity contribution in [1.82, 2.24) is 14.8 Å². The summed E-state index contributed by atoms with van der Waals surface area (Å²) in [6.45, 7) is 2.00. The van der Waals surface area contributed by atoms with Gasteiger partial charge < -0.3 is 10.8 Å². The second kappa shape index (κ2) is 5.06. The van der Waals surface area contributed by atoms with Crippen LogP contribution >= 0.6 is 11.6 Å². The minimum Gasteiger partial charge on any atom is -0.382 e. The van der Waals surface area contributed by atoms with Crippen molar-refractivity contribution in [3.05, 3.63) is 47.5 Å². The molecule has 1 aromatic heterocycles. The molecule has 1 heterocycles. The number of hydrogen-bond donors (Lipinski definition) is 2. The molecule has 0 fully saturated rings. The Labute approximate surface area is 110 Å². The normalized spacial score (nSPS) is 16.2. The Morgan fingerprint density at radius 3 is 2.61 bits per heavy atom. The van der Waals surface area contributed by atoms with Crippen LogP contribution in [0.3, 0.4) is 0 Å². The minimum atomic E-state index is -1.21. The monoisotopic (exact) mass is 266 g/mol. The Morgan fingerprint density at radius 2 is 2.11 bits per heavy atom. The summed E-state index contributed by atoms with van der Waals surface area (Å²) in [5, 5.41) is 15.4. The Kier molecular flexibility index (Phi) is 3.65. The summed E-state index contributed by atoms with van der Waals surface area (Å²) < 4.78 is 1.55. The molecule has 3 N–H and O–H groups in total. The highest BCUT2D eigenvalue weighted by atomic mass is 35.5. The van der Waals surface area contributed by atoms with Crippen molar-refractivity contribution in [2.75, 3.05) is 0 Å². The molecule has 0 radical (unpaired) electrons. The molecule has 6 heteroatoms. The van der Waals surface area contributed by atoms with Crippen LogP contribution in [0.1, 0.15) is 12.5 Å². The van der Waals surface area contributed by atoms with Crippen molar-refractivity contribution in [2.45, 2.75) is 25.1 Å². The van der Waals surface area contributed by atoms with E-state index >= 15 is 0 Å². The number of benzene rings is 1. The molecule has 0 aliphatic rings. The molecule has 2 unspecified atom stereocenters. The fourth-order valence-corrected chi connectivity index (χ4v) is 1.92. The zero-order valence-corrected chi connectivity index (χ0v) is 10.7. The van der Waals surface area contributed by atoms with Gasteiger partial charge in [0.2, 0.25) is 0 Å². The number of aromatic nitrogens is 3. The van der Waals surface area contributed by atoms with Gasteiger partial charge in [-0.05, 0) is 24.6 Å². The Morgan fingerprint density at radius 1 is 1.44 bits per heavy atom. The van der Waals surface area contributed by atoms with E-state index in [2.05, 4.69) is 10.1 Å². The number of rotatable bonds is 4. The summed E-state index contributed by atoms with van der Waals surface area (Å²) in [6, 6.07) is 6.53. The second-order valence-electron chi connectivity index (χ2n) is 4.31. The van der Waals surface area contributed by atoms with Crippen LogP contribution in [0.5, 0.6) is 0 Å². The summed E-state index contributed by atoms with van der Waals surface area (Å²) in [7, 11) is 0. The molecule has 2 atom stereocenters. The quantitative estimate of drug-likeness (QED) is 0.871. The molecule has 0 amide bonds. The van der Waals surface area contributed by atoms with Gasteiger partial charge in [0.1, 0.15) is 18.3 Å². The molecule has 5 nitrogen and oxygen atoms in total. The SMILES string of the molecule is CC(N)C(O)(Cn1cncn1)c1ccc(Cl)cc1. The van der Waals surface area contributed by atoms with Gasteiger partial charge in [-0.3, -0.25) is 0 Å². The highest BCUT2D eigenvalue weighted by Crippen LogP contribution is 2.27. The average Bonchev–Trinajstić information content (AvgIpc) is 2.82. The molecule has 2 rings (SSSR count). The molecule has 0 saturated carbocycles. The molecule has 2 aromatic rings. The smallest absolute Gasteiger partial charge is 0.137 e. The molecule has 0 bridgehead atoms. The first kappa shape index (κ1) is 13.0. The lowest BCUT2D eigenvalue weighted by atomic mass is 9.87. The fraction of sp³-hybridized carbons (Fsp3) is 0.333. The van der Waals surface area contributed by atoms with E-state index in [1.165, 1.54) is 6.33 Å². The van der Waals surface area contributed by atoms with Crippen LogP contribution in [0.15, 0.2) is 36.9 Å². The maximum absolute atomic E-state index is 10.8. The zero-order chi connectivity index (χ0) is 13.2. The molecule has 96 valence electrons. The number of halogens is 1. The van der Waals surface area contributed by atoms with Crippen LogP contribution in [-0.4, -0.2) is 25.9 Å².